The van der Waals surface area contributed by atoms with E-state index in [9.17, 15) is 19.7 Å². The minimum Gasteiger partial charge on any atom is -0.493 e. The monoisotopic (exact) mass is 554 g/mol. The lowest BCUT2D eigenvalue weighted by molar-refractivity contribution is -0.384. The molecular weight excluding hydrogens is 536 g/mol. The largest absolute Gasteiger partial charge is 0.493 e. The van der Waals surface area contributed by atoms with Crippen LogP contribution in [0.4, 0.5) is 10.5 Å². The van der Waals surface area contributed by atoms with Gasteiger partial charge in [-0.3, -0.25) is 24.6 Å². The number of benzene rings is 3. The van der Waals surface area contributed by atoms with Crippen LogP contribution in [0.1, 0.15) is 16.7 Å². The van der Waals surface area contributed by atoms with E-state index in [1.807, 2.05) is 24.3 Å². The predicted molar refractivity (Wildman–Crippen MR) is 136 cm³/mol. The van der Waals surface area contributed by atoms with Crippen LogP contribution in [0.25, 0.3) is 6.08 Å². The fraction of sp³-hybridized carbons (Fsp3) is 0.120. The number of carbonyl (C=O) groups is 2. The third kappa shape index (κ3) is 5.72. The van der Waals surface area contributed by atoms with E-state index in [0.29, 0.717) is 27.5 Å². The molecule has 0 saturated carbocycles. The molecule has 1 fully saturated rings. The highest BCUT2D eigenvalue weighted by Crippen LogP contribution is 2.36. The number of halogens is 1. The zero-order valence-corrected chi connectivity index (χ0v) is 20.9. The SMILES string of the molecule is COc1cc(/C=C2/SC(=O)N(Cc3ccccc3Br)C2=O)ccc1OCc1cccc([N+](=O)[O-])c1. The quantitative estimate of drug-likeness (QED) is 0.186. The van der Waals surface area contributed by atoms with Crippen molar-refractivity contribution in [2.24, 2.45) is 0 Å². The summed E-state index contributed by atoms with van der Waals surface area (Å²) in [6.07, 6.45) is 1.64. The van der Waals surface area contributed by atoms with Crippen molar-refractivity contribution in [3.63, 3.8) is 0 Å². The third-order valence-electron chi connectivity index (χ3n) is 5.16. The Morgan fingerprint density at radius 2 is 1.86 bits per heavy atom. The Morgan fingerprint density at radius 3 is 2.60 bits per heavy atom. The fourth-order valence-corrected chi connectivity index (χ4v) is 4.65. The lowest BCUT2D eigenvalue weighted by atomic mass is 10.1. The van der Waals surface area contributed by atoms with E-state index in [2.05, 4.69) is 15.9 Å². The summed E-state index contributed by atoms with van der Waals surface area (Å²) in [5, 5.41) is 10.6. The topological polar surface area (TPSA) is 99.0 Å². The molecule has 1 heterocycles. The number of amides is 2. The van der Waals surface area contributed by atoms with Gasteiger partial charge in [0, 0.05) is 16.6 Å². The molecule has 8 nitrogen and oxygen atoms in total. The van der Waals surface area contributed by atoms with Crippen LogP contribution in [0.5, 0.6) is 11.5 Å². The van der Waals surface area contributed by atoms with Crippen LogP contribution in [0, 0.1) is 10.1 Å². The lowest BCUT2D eigenvalue weighted by Gasteiger charge is -2.13. The van der Waals surface area contributed by atoms with Gasteiger partial charge in [-0.2, -0.15) is 0 Å². The van der Waals surface area contributed by atoms with Gasteiger partial charge in [-0.05, 0) is 52.7 Å². The van der Waals surface area contributed by atoms with Crippen molar-refractivity contribution in [1.82, 2.24) is 4.90 Å². The summed E-state index contributed by atoms with van der Waals surface area (Å²) >= 11 is 4.33. The maximum atomic E-state index is 12.9. The Bertz CT molecular complexity index is 1340. The first-order valence-electron chi connectivity index (χ1n) is 10.4. The third-order valence-corrected chi connectivity index (χ3v) is 6.84. The van der Waals surface area contributed by atoms with Crippen molar-refractivity contribution in [2.45, 2.75) is 13.2 Å². The van der Waals surface area contributed by atoms with Crippen LogP contribution in [-0.4, -0.2) is 28.1 Å². The van der Waals surface area contributed by atoms with Gasteiger partial charge in [-0.25, -0.2) is 0 Å². The number of methoxy groups -OCH3 is 1. The van der Waals surface area contributed by atoms with Gasteiger partial charge in [0.1, 0.15) is 6.61 Å². The second-order valence-electron chi connectivity index (χ2n) is 7.49. The summed E-state index contributed by atoms with van der Waals surface area (Å²) in [7, 11) is 1.49. The number of nitrogens with zero attached hydrogens (tertiary/aromatic N) is 2. The first-order chi connectivity index (χ1) is 16.9. The molecule has 1 aliphatic rings. The number of imide groups is 1. The minimum absolute atomic E-state index is 0.0121. The molecule has 35 heavy (non-hydrogen) atoms. The fourth-order valence-electron chi connectivity index (χ4n) is 3.40. The lowest BCUT2D eigenvalue weighted by Crippen LogP contribution is -2.27. The van der Waals surface area contributed by atoms with Gasteiger partial charge in [0.05, 0.1) is 23.5 Å². The van der Waals surface area contributed by atoms with E-state index >= 15 is 0 Å². The number of nitro groups is 1. The second-order valence-corrected chi connectivity index (χ2v) is 9.33. The molecule has 2 amide bonds. The molecule has 3 aromatic rings. The van der Waals surface area contributed by atoms with Crippen molar-refractivity contribution < 1.29 is 24.0 Å². The number of ether oxygens (including phenoxy) is 2. The molecule has 1 aliphatic heterocycles. The highest BCUT2D eigenvalue weighted by Gasteiger charge is 2.35. The van der Waals surface area contributed by atoms with E-state index in [0.717, 1.165) is 21.8 Å². The summed E-state index contributed by atoms with van der Waals surface area (Å²) < 4.78 is 12.1. The van der Waals surface area contributed by atoms with Crippen LogP contribution in [-0.2, 0) is 17.9 Å². The number of rotatable bonds is 8. The molecule has 0 unspecified atom stereocenters. The van der Waals surface area contributed by atoms with Crippen LogP contribution in [0.2, 0.25) is 0 Å². The van der Waals surface area contributed by atoms with Crippen molar-refractivity contribution in [2.75, 3.05) is 7.11 Å². The Kier molecular flexibility index (Phi) is 7.52. The number of carbonyl (C=O) groups excluding carboxylic acids is 2. The molecule has 0 aromatic heterocycles. The maximum absolute atomic E-state index is 12.9. The van der Waals surface area contributed by atoms with Crippen molar-refractivity contribution in [3.8, 4) is 11.5 Å². The predicted octanol–water partition coefficient (Wildman–Crippen LogP) is 6.18. The molecular formula is C25H19BrN2O6S. The molecule has 0 aliphatic carbocycles. The number of hydrogen-bond acceptors (Lipinski definition) is 7. The highest BCUT2D eigenvalue weighted by atomic mass is 79.9. The van der Waals surface area contributed by atoms with E-state index in [-0.39, 0.29) is 30.0 Å². The molecule has 0 spiro atoms. The zero-order chi connectivity index (χ0) is 24.9. The van der Waals surface area contributed by atoms with Gasteiger partial charge in [0.15, 0.2) is 11.5 Å². The van der Waals surface area contributed by atoms with Gasteiger partial charge in [-0.15, -0.1) is 0 Å². The first-order valence-corrected chi connectivity index (χ1v) is 12.0. The van der Waals surface area contributed by atoms with E-state index in [1.54, 1.807) is 36.4 Å². The molecule has 3 aromatic carbocycles. The molecule has 4 rings (SSSR count). The smallest absolute Gasteiger partial charge is 0.293 e. The van der Waals surface area contributed by atoms with Gasteiger partial charge >= 0.3 is 0 Å². The molecule has 10 heteroatoms. The number of hydrogen-bond donors (Lipinski definition) is 0. The standard InChI is InChI=1S/C25H19BrN2O6S/c1-33-22-12-16(9-10-21(22)34-15-17-5-4-7-19(11-17)28(31)32)13-23-24(29)27(25(30)35-23)14-18-6-2-3-8-20(18)26/h2-13H,14-15H2,1H3/b23-13+. The van der Waals surface area contributed by atoms with Gasteiger partial charge in [0.25, 0.3) is 16.8 Å². The molecule has 0 radical (unpaired) electrons. The normalized spacial score (nSPS) is 14.5. The molecule has 0 bridgehead atoms. The Balaban J connectivity index is 1.49. The van der Waals surface area contributed by atoms with E-state index in [4.69, 9.17) is 9.47 Å². The minimum atomic E-state index is -0.459. The van der Waals surface area contributed by atoms with Crippen molar-refractivity contribution in [1.29, 1.82) is 0 Å². The number of nitro benzene ring substituents is 1. The first kappa shape index (κ1) is 24.5. The molecule has 178 valence electrons. The summed E-state index contributed by atoms with van der Waals surface area (Å²) in [6.45, 7) is 0.294. The maximum Gasteiger partial charge on any atom is 0.293 e. The van der Waals surface area contributed by atoms with E-state index < -0.39 is 4.92 Å². The molecule has 0 N–H and O–H groups in total. The molecule has 0 atom stereocenters. The van der Waals surface area contributed by atoms with Gasteiger partial charge in [-0.1, -0.05) is 52.3 Å². The Morgan fingerprint density at radius 1 is 1.06 bits per heavy atom. The van der Waals surface area contributed by atoms with Crippen molar-refractivity contribution >= 4 is 50.6 Å². The average molecular weight is 555 g/mol. The average Bonchev–Trinajstić information content (AvgIpc) is 3.11. The number of non-ortho nitro benzene ring substituents is 1. The zero-order valence-electron chi connectivity index (χ0n) is 18.5. The van der Waals surface area contributed by atoms with Crippen LogP contribution in [0.3, 0.4) is 0 Å². The summed E-state index contributed by atoms with van der Waals surface area (Å²) in [4.78, 5) is 37.4. The van der Waals surface area contributed by atoms with Crippen LogP contribution in [0.15, 0.2) is 76.1 Å². The summed E-state index contributed by atoms with van der Waals surface area (Å²) in [6, 6.07) is 18.8. The molecule has 1 saturated heterocycles. The van der Waals surface area contributed by atoms with Gasteiger partial charge < -0.3 is 9.47 Å². The van der Waals surface area contributed by atoms with E-state index in [1.165, 1.54) is 24.1 Å². The Labute approximate surface area is 213 Å². The highest BCUT2D eigenvalue weighted by molar-refractivity contribution is 9.10. The van der Waals surface area contributed by atoms with Crippen LogP contribution < -0.4 is 9.47 Å². The Hall–Kier alpha value is -3.63. The van der Waals surface area contributed by atoms with Gasteiger partial charge in [0.2, 0.25) is 0 Å². The van der Waals surface area contributed by atoms with Crippen molar-refractivity contribution in [3.05, 3.63) is 103 Å². The summed E-state index contributed by atoms with van der Waals surface area (Å²) in [5.41, 5.74) is 2.13. The number of thioether (sulfide) groups is 1. The van der Waals surface area contributed by atoms with Crippen LogP contribution >= 0.6 is 27.7 Å². The second kappa shape index (κ2) is 10.7. The summed E-state index contributed by atoms with van der Waals surface area (Å²) in [5.74, 6) is 0.510.